The van der Waals surface area contributed by atoms with Gasteiger partial charge in [-0.1, -0.05) is 13.0 Å². The number of carbonyl (C=O) groups excluding carboxylic acids is 1. The first-order valence-corrected chi connectivity index (χ1v) is 6.25. The number of aryl methyl sites for hydroxylation is 2. The van der Waals surface area contributed by atoms with E-state index in [1.807, 2.05) is 13.0 Å². The molecule has 0 amide bonds. The summed E-state index contributed by atoms with van der Waals surface area (Å²) < 4.78 is 10.2. The third-order valence-electron chi connectivity index (χ3n) is 3.39. The van der Waals surface area contributed by atoms with E-state index >= 15 is 0 Å². The summed E-state index contributed by atoms with van der Waals surface area (Å²) in [6, 6.07) is 4.12. The summed E-state index contributed by atoms with van der Waals surface area (Å²) in [5, 5.41) is 0. The summed E-state index contributed by atoms with van der Waals surface area (Å²) in [6.07, 6.45) is 1.43. The fourth-order valence-electron chi connectivity index (χ4n) is 2.03. The van der Waals surface area contributed by atoms with Gasteiger partial charge in [-0.2, -0.15) is 0 Å². The van der Waals surface area contributed by atoms with Crippen LogP contribution in [0, 0.1) is 19.8 Å². The van der Waals surface area contributed by atoms with Crippen molar-refractivity contribution in [2.75, 3.05) is 14.2 Å². The zero-order chi connectivity index (χ0) is 13.7. The van der Waals surface area contributed by atoms with Crippen LogP contribution in [0.5, 0.6) is 5.75 Å². The Balaban J connectivity index is 3.01. The Labute approximate surface area is 109 Å². The highest BCUT2D eigenvalue weighted by molar-refractivity contribution is 5.72. The predicted octanol–water partition coefficient (Wildman–Crippen LogP) is 3.05. The molecule has 0 fully saturated rings. The van der Waals surface area contributed by atoms with E-state index in [0.29, 0.717) is 6.42 Å². The van der Waals surface area contributed by atoms with Gasteiger partial charge in [0.2, 0.25) is 0 Å². The fourth-order valence-corrected chi connectivity index (χ4v) is 2.03. The number of rotatable bonds is 5. The van der Waals surface area contributed by atoms with Crippen LogP contribution in [0.3, 0.4) is 0 Å². The predicted molar refractivity (Wildman–Crippen MR) is 72.0 cm³/mol. The van der Waals surface area contributed by atoms with Crippen LogP contribution < -0.4 is 4.74 Å². The van der Waals surface area contributed by atoms with E-state index in [9.17, 15) is 4.79 Å². The first-order chi connectivity index (χ1) is 8.53. The van der Waals surface area contributed by atoms with Gasteiger partial charge in [0.15, 0.2) is 0 Å². The molecule has 3 heteroatoms. The van der Waals surface area contributed by atoms with Crippen molar-refractivity contribution in [2.24, 2.45) is 5.92 Å². The summed E-state index contributed by atoms with van der Waals surface area (Å²) in [5.41, 5.74) is 3.48. The average molecular weight is 250 g/mol. The van der Waals surface area contributed by atoms with E-state index < -0.39 is 0 Å². The van der Waals surface area contributed by atoms with Gasteiger partial charge in [0, 0.05) is 0 Å². The van der Waals surface area contributed by atoms with E-state index in [2.05, 4.69) is 19.9 Å². The Hall–Kier alpha value is -1.51. The first kappa shape index (κ1) is 14.6. The molecule has 1 atom stereocenters. The molecule has 1 rings (SSSR count). The number of methoxy groups -OCH3 is 2. The van der Waals surface area contributed by atoms with Gasteiger partial charge in [-0.05, 0) is 49.4 Å². The third kappa shape index (κ3) is 3.25. The van der Waals surface area contributed by atoms with Crippen LogP contribution in [0.4, 0.5) is 0 Å². The molecule has 1 aromatic rings. The number of esters is 1. The van der Waals surface area contributed by atoms with Crippen LogP contribution in [0.15, 0.2) is 12.1 Å². The van der Waals surface area contributed by atoms with Crippen molar-refractivity contribution in [3.63, 3.8) is 0 Å². The van der Waals surface area contributed by atoms with E-state index in [0.717, 1.165) is 17.7 Å². The summed E-state index contributed by atoms with van der Waals surface area (Å²) >= 11 is 0. The maximum absolute atomic E-state index is 11.6. The number of benzene rings is 1. The molecule has 18 heavy (non-hydrogen) atoms. The molecule has 0 radical (unpaired) electrons. The van der Waals surface area contributed by atoms with Crippen LogP contribution in [0.1, 0.15) is 30.0 Å². The number of hydrogen-bond donors (Lipinski definition) is 0. The fraction of sp³-hybridized carbons (Fsp3) is 0.533. The Kier molecular flexibility index (Phi) is 5.20. The zero-order valence-electron chi connectivity index (χ0n) is 11.9. The van der Waals surface area contributed by atoms with E-state index in [4.69, 9.17) is 9.47 Å². The van der Waals surface area contributed by atoms with Gasteiger partial charge < -0.3 is 9.47 Å². The molecule has 1 unspecified atom stereocenters. The van der Waals surface area contributed by atoms with Crippen molar-refractivity contribution in [3.05, 3.63) is 28.8 Å². The molecular weight excluding hydrogens is 228 g/mol. The highest BCUT2D eigenvalue weighted by atomic mass is 16.5. The summed E-state index contributed by atoms with van der Waals surface area (Å²) in [6.45, 7) is 6.12. The van der Waals surface area contributed by atoms with Crippen molar-refractivity contribution >= 4 is 5.97 Å². The summed E-state index contributed by atoms with van der Waals surface area (Å²) in [5.74, 6) is 0.587. The van der Waals surface area contributed by atoms with Gasteiger partial charge in [-0.25, -0.2) is 0 Å². The molecule has 0 saturated carbocycles. The summed E-state index contributed by atoms with van der Waals surface area (Å²) in [4.78, 5) is 11.6. The minimum Gasteiger partial charge on any atom is -0.496 e. The molecule has 1 aromatic carbocycles. The molecule has 0 saturated heterocycles. The molecule has 0 aliphatic carbocycles. The molecule has 0 aromatic heterocycles. The van der Waals surface area contributed by atoms with E-state index in [1.54, 1.807) is 7.11 Å². The highest BCUT2D eigenvalue weighted by Crippen LogP contribution is 2.26. The molecule has 0 aliphatic heterocycles. The lowest BCUT2D eigenvalue weighted by molar-refractivity contribution is -0.145. The molecule has 3 nitrogen and oxygen atoms in total. The van der Waals surface area contributed by atoms with E-state index in [-0.39, 0.29) is 11.9 Å². The second-order valence-electron chi connectivity index (χ2n) is 4.58. The minimum absolute atomic E-state index is 0.106. The van der Waals surface area contributed by atoms with Crippen molar-refractivity contribution in [1.82, 2.24) is 0 Å². The SMILES string of the molecule is CCC(Cc1cc(C)c(C)cc1OC)C(=O)OC. The smallest absolute Gasteiger partial charge is 0.308 e. The van der Waals surface area contributed by atoms with Gasteiger partial charge in [0.25, 0.3) is 0 Å². The van der Waals surface area contributed by atoms with Crippen LogP contribution in [0.2, 0.25) is 0 Å². The molecule has 0 bridgehead atoms. The van der Waals surface area contributed by atoms with Crippen LogP contribution in [-0.2, 0) is 16.0 Å². The van der Waals surface area contributed by atoms with Crippen molar-refractivity contribution in [1.29, 1.82) is 0 Å². The maximum atomic E-state index is 11.6. The van der Waals surface area contributed by atoms with Gasteiger partial charge in [0.05, 0.1) is 20.1 Å². The normalized spacial score (nSPS) is 12.1. The maximum Gasteiger partial charge on any atom is 0.308 e. The highest BCUT2D eigenvalue weighted by Gasteiger charge is 2.19. The Morgan fingerprint density at radius 3 is 2.33 bits per heavy atom. The Morgan fingerprint density at radius 1 is 1.22 bits per heavy atom. The molecule has 0 heterocycles. The first-order valence-electron chi connectivity index (χ1n) is 6.25. The van der Waals surface area contributed by atoms with Gasteiger partial charge in [0.1, 0.15) is 5.75 Å². The quantitative estimate of drug-likeness (QED) is 0.753. The van der Waals surface area contributed by atoms with Gasteiger partial charge in [-0.15, -0.1) is 0 Å². The van der Waals surface area contributed by atoms with Crippen molar-refractivity contribution < 1.29 is 14.3 Å². The average Bonchev–Trinajstić information content (AvgIpc) is 2.38. The molecule has 0 aliphatic rings. The number of hydrogen-bond acceptors (Lipinski definition) is 3. The zero-order valence-corrected chi connectivity index (χ0v) is 11.9. The second-order valence-corrected chi connectivity index (χ2v) is 4.58. The molecule has 0 N–H and O–H groups in total. The van der Waals surface area contributed by atoms with Gasteiger partial charge >= 0.3 is 5.97 Å². The van der Waals surface area contributed by atoms with E-state index in [1.165, 1.54) is 18.2 Å². The van der Waals surface area contributed by atoms with Crippen LogP contribution >= 0.6 is 0 Å². The second kappa shape index (κ2) is 6.43. The topological polar surface area (TPSA) is 35.5 Å². The lowest BCUT2D eigenvalue weighted by Crippen LogP contribution is -2.18. The Bertz CT molecular complexity index is 424. The van der Waals surface area contributed by atoms with Crippen molar-refractivity contribution in [2.45, 2.75) is 33.6 Å². The number of ether oxygens (including phenoxy) is 2. The molecule has 100 valence electrons. The largest absolute Gasteiger partial charge is 0.496 e. The van der Waals surface area contributed by atoms with Crippen molar-refractivity contribution in [3.8, 4) is 5.75 Å². The number of carbonyl (C=O) groups is 1. The monoisotopic (exact) mass is 250 g/mol. The molecular formula is C15H22O3. The molecule has 0 spiro atoms. The van der Waals surface area contributed by atoms with Crippen LogP contribution in [0.25, 0.3) is 0 Å². The minimum atomic E-state index is -0.155. The lowest BCUT2D eigenvalue weighted by atomic mass is 9.94. The van der Waals surface area contributed by atoms with Gasteiger partial charge in [-0.3, -0.25) is 4.79 Å². The third-order valence-corrected chi connectivity index (χ3v) is 3.39. The lowest BCUT2D eigenvalue weighted by Gasteiger charge is -2.16. The summed E-state index contributed by atoms with van der Waals surface area (Å²) in [7, 11) is 3.09. The Morgan fingerprint density at radius 2 is 1.83 bits per heavy atom. The van der Waals surface area contributed by atoms with Crippen LogP contribution in [-0.4, -0.2) is 20.2 Å². The standard InChI is InChI=1S/C15H22O3/c1-6-12(15(16)18-5)9-13-7-10(2)11(3)8-14(13)17-4/h7-8,12H,6,9H2,1-5H3.